The Kier molecular flexibility index (Phi) is 2.22. The van der Waals surface area contributed by atoms with E-state index < -0.39 is 0 Å². The van der Waals surface area contributed by atoms with Gasteiger partial charge in [-0.2, -0.15) is 0 Å². The molecule has 2 unspecified atom stereocenters. The minimum atomic E-state index is 0.477. The summed E-state index contributed by atoms with van der Waals surface area (Å²) in [6.07, 6.45) is 8.94. The zero-order valence-corrected chi connectivity index (χ0v) is 7.92. The van der Waals surface area contributed by atoms with Crippen molar-refractivity contribution < 1.29 is 0 Å². The fourth-order valence-corrected chi connectivity index (χ4v) is 2.68. The topological polar surface area (TPSA) is 26.0 Å². The van der Waals surface area contributed by atoms with Crippen molar-refractivity contribution in [2.45, 2.75) is 45.1 Å². The molecule has 0 aromatic rings. The van der Waals surface area contributed by atoms with Crippen molar-refractivity contribution in [2.75, 3.05) is 0 Å². The molecular formula is C11H19N. The number of rotatable bonds is 0. The molecule has 0 spiro atoms. The van der Waals surface area contributed by atoms with Gasteiger partial charge in [0.25, 0.3) is 0 Å². The Morgan fingerprint density at radius 3 is 3.17 bits per heavy atom. The Morgan fingerprint density at radius 2 is 2.33 bits per heavy atom. The molecule has 0 aliphatic heterocycles. The molecule has 0 aromatic carbocycles. The SMILES string of the molecule is CC1C=C2CCC[C@H](N)CC1C2. The maximum atomic E-state index is 6.03. The molecule has 1 nitrogen and oxygen atoms in total. The van der Waals surface area contributed by atoms with Crippen molar-refractivity contribution in [2.24, 2.45) is 17.6 Å². The molecule has 1 heteroatoms. The van der Waals surface area contributed by atoms with Gasteiger partial charge in [0.05, 0.1) is 0 Å². The van der Waals surface area contributed by atoms with Crippen molar-refractivity contribution in [3.05, 3.63) is 11.6 Å². The van der Waals surface area contributed by atoms with Gasteiger partial charge in [-0.1, -0.05) is 18.6 Å². The fraction of sp³-hybridized carbons (Fsp3) is 0.818. The van der Waals surface area contributed by atoms with Crippen molar-refractivity contribution in [3.8, 4) is 0 Å². The number of hydrogen-bond acceptors (Lipinski definition) is 1. The van der Waals surface area contributed by atoms with E-state index in [2.05, 4.69) is 13.0 Å². The highest BCUT2D eigenvalue weighted by molar-refractivity contribution is 5.14. The zero-order chi connectivity index (χ0) is 8.55. The summed E-state index contributed by atoms with van der Waals surface area (Å²) in [5.74, 6) is 1.67. The van der Waals surface area contributed by atoms with Gasteiger partial charge in [-0.25, -0.2) is 0 Å². The molecule has 1 saturated carbocycles. The summed E-state index contributed by atoms with van der Waals surface area (Å²) < 4.78 is 0. The van der Waals surface area contributed by atoms with Crippen LogP contribution in [0.1, 0.15) is 39.0 Å². The van der Waals surface area contributed by atoms with Crippen LogP contribution >= 0.6 is 0 Å². The van der Waals surface area contributed by atoms with Crippen molar-refractivity contribution in [1.82, 2.24) is 0 Å². The lowest BCUT2D eigenvalue weighted by atomic mass is 9.86. The predicted molar refractivity (Wildman–Crippen MR) is 51.8 cm³/mol. The van der Waals surface area contributed by atoms with Crippen LogP contribution in [0.15, 0.2) is 11.6 Å². The standard InChI is InChI=1S/C11H19N/c1-8-5-9-3-2-4-11(12)7-10(8)6-9/h5,8,10-11H,2-4,6-7,12H2,1H3/t8?,10?,11-/m0/s1. The fourth-order valence-electron chi connectivity index (χ4n) is 2.68. The maximum absolute atomic E-state index is 6.03. The summed E-state index contributed by atoms with van der Waals surface area (Å²) in [7, 11) is 0. The van der Waals surface area contributed by atoms with E-state index in [1.807, 2.05) is 0 Å². The van der Waals surface area contributed by atoms with E-state index in [0.29, 0.717) is 6.04 Å². The molecule has 0 saturated heterocycles. The lowest BCUT2D eigenvalue weighted by Crippen LogP contribution is -2.25. The summed E-state index contributed by atoms with van der Waals surface area (Å²) in [4.78, 5) is 0. The second kappa shape index (κ2) is 3.21. The van der Waals surface area contributed by atoms with Gasteiger partial charge in [-0.15, -0.1) is 0 Å². The van der Waals surface area contributed by atoms with Crippen molar-refractivity contribution >= 4 is 0 Å². The van der Waals surface area contributed by atoms with E-state index in [1.165, 1.54) is 32.1 Å². The molecule has 0 aromatic heterocycles. The van der Waals surface area contributed by atoms with Gasteiger partial charge in [0, 0.05) is 6.04 Å². The molecule has 2 aliphatic carbocycles. The minimum Gasteiger partial charge on any atom is -0.328 e. The average Bonchev–Trinajstić information content (AvgIpc) is 2.30. The first-order chi connectivity index (χ1) is 5.75. The molecule has 2 aliphatic rings. The molecule has 12 heavy (non-hydrogen) atoms. The van der Waals surface area contributed by atoms with Crippen LogP contribution < -0.4 is 5.73 Å². The van der Waals surface area contributed by atoms with Gasteiger partial charge in [-0.3, -0.25) is 0 Å². The smallest absolute Gasteiger partial charge is 0.00419 e. The van der Waals surface area contributed by atoms with E-state index in [4.69, 9.17) is 5.73 Å². The molecular weight excluding hydrogens is 146 g/mol. The van der Waals surface area contributed by atoms with Crippen LogP contribution in [0.2, 0.25) is 0 Å². The Hall–Kier alpha value is -0.300. The quantitative estimate of drug-likeness (QED) is 0.548. The third-order valence-electron chi connectivity index (χ3n) is 3.44. The number of hydrogen-bond donors (Lipinski definition) is 1. The van der Waals surface area contributed by atoms with Gasteiger partial charge >= 0.3 is 0 Å². The molecule has 2 N–H and O–H groups in total. The van der Waals surface area contributed by atoms with E-state index in [1.54, 1.807) is 5.57 Å². The second-order valence-corrected chi connectivity index (χ2v) is 4.54. The largest absolute Gasteiger partial charge is 0.328 e. The van der Waals surface area contributed by atoms with Crippen LogP contribution in [0.5, 0.6) is 0 Å². The monoisotopic (exact) mass is 165 g/mol. The Labute approximate surface area is 75.0 Å². The van der Waals surface area contributed by atoms with Crippen LogP contribution in [-0.2, 0) is 0 Å². The van der Waals surface area contributed by atoms with E-state index in [-0.39, 0.29) is 0 Å². The highest BCUT2D eigenvalue weighted by atomic mass is 14.6. The molecule has 0 radical (unpaired) electrons. The van der Waals surface area contributed by atoms with Gasteiger partial charge in [-0.05, 0) is 43.9 Å². The summed E-state index contributed by atoms with van der Waals surface area (Å²) >= 11 is 0. The third kappa shape index (κ3) is 1.56. The first-order valence-electron chi connectivity index (χ1n) is 5.21. The second-order valence-electron chi connectivity index (χ2n) is 4.54. The van der Waals surface area contributed by atoms with Gasteiger partial charge in [0.2, 0.25) is 0 Å². The molecule has 3 atom stereocenters. The van der Waals surface area contributed by atoms with Crippen LogP contribution in [0.25, 0.3) is 0 Å². The van der Waals surface area contributed by atoms with Crippen LogP contribution in [0, 0.1) is 11.8 Å². The van der Waals surface area contributed by atoms with Crippen LogP contribution in [-0.4, -0.2) is 6.04 Å². The molecule has 0 amide bonds. The van der Waals surface area contributed by atoms with E-state index in [0.717, 1.165) is 11.8 Å². The van der Waals surface area contributed by atoms with Gasteiger partial charge < -0.3 is 5.73 Å². The summed E-state index contributed by atoms with van der Waals surface area (Å²) in [5.41, 5.74) is 7.74. The lowest BCUT2D eigenvalue weighted by Gasteiger charge is -2.22. The van der Waals surface area contributed by atoms with Crippen molar-refractivity contribution in [1.29, 1.82) is 0 Å². The Morgan fingerprint density at radius 1 is 1.50 bits per heavy atom. The molecule has 2 rings (SSSR count). The summed E-state index contributed by atoms with van der Waals surface area (Å²) in [6, 6.07) is 0.477. The predicted octanol–water partition coefficient (Wildman–Crippen LogP) is 2.47. The first kappa shape index (κ1) is 8.31. The number of fused-ring (bicyclic) bond motifs is 2. The third-order valence-corrected chi connectivity index (χ3v) is 3.44. The Balaban J connectivity index is 2.07. The van der Waals surface area contributed by atoms with E-state index >= 15 is 0 Å². The highest BCUT2D eigenvalue weighted by Gasteiger charge is 2.27. The zero-order valence-electron chi connectivity index (χ0n) is 7.92. The van der Waals surface area contributed by atoms with Gasteiger partial charge in [0.15, 0.2) is 0 Å². The molecule has 1 fully saturated rings. The maximum Gasteiger partial charge on any atom is 0.00419 e. The minimum absolute atomic E-state index is 0.477. The van der Waals surface area contributed by atoms with E-state index in [9.17, 15) is 0 Å². The molecule has 68 valence electrons. The summed E-state index contributed by atoms with van der Waals surface area (Å²) in [5, 5.41) is 0. The van der Waals surface area contributed by atoms with Crippen LogP contribution in [0.4, 0.5) is 0 Å². The van der Waals surface area contributed by atoms with Crippen LogP contribution in [0.3, 0.4) is 0 Å². The van der Waals surface area contributed by atoms with Gasteiger partial charge in [0.1, 0.15) is 0 Å². The normalized spacial score (nSPS) is 41.8. The number of nitrogens with two attached hydrogens (primary N) is 1. The summed E-state index contributed by atoms with van der Waals surface area (Å²) in [6.45, 7) is 2.34. The average molecular weight is 165 g/mol. The number of allylic oxidation sites excluding steroid dienone is 2. The lowest BCUT2D eigenvalue weighted by molar-refractivity contribution is 0.354. The molecule has 2 bridgehead atoms. The van der Waals surface area contributed by atoms with Crippen molar-refractivity contribution in [3.63, 3.8) is 0 Å². The highest BCUT2D eigenvalue weighted by Crippen LogP contribution is 2.37. The molecule has 0 heterocycles. The first-order valence-corrected chi connectivity index (χ1v) is 5.21. The Bertz CT molecular complexity index is 195.